The number of hydrogen-bond acceptors (Lipinski definition) is 3. The van der Waals surface area contributed by atoms with Gasteiger partial charge in [-0.25, -0.2) is 0 Å². The third kappa shape index (κ3) is 4.91. The molecular weight excluding hydrogens is 310 g/mol. The van der Waals surface area contributed by atoms with Gasteiger partial charge in [-0.2, -0.15) is 0 Å². The SMILES string of the molecule is Cc1cc(COCC2CCCNC2)cc(-c2cccc(C(=N)N)c2)c1. The van der Waals surface area contributed by atoms with Crippen molar-refractivity contribution in [3.05, 3.63) is 59.2 Å². The number of nitrogens with one attached hydrogen (secondary N) is 2. The zero-order valence-electron chi connectivity index (χ0n) is 14.8. The fourth-order valence-corrected chi connectivity index (χ4v) is 3.39. The standard InChI is InChI=1S/C21H27N3O/c1-15-8-17(14-25-13-16-4-3-7-24-12-16)10-20(9-15)18-5-2-6-19(11-18)21(22)23/h2,5-6,8-11,16,24H,3-4,7,12-14H2,1H3,(H3,22,23). The van der Waals surface area contributed by atoms with Gasteiger partial charge in [0.2, 0.25) is 0 Å². The molecule has 1 unspecified atom stereocenters. The lowest BCUT2D eigenvalue weighted by molar-refractivity contribution is 0.0783. The largest absolute Gasteiger partial charge is 0.384 e. The summed E-state index contributed by atoms with van der Waals surface area (Å²) in [5, 5.41) is 11.1. The fraction of sp³-hybridized carbons (Fsp3) is 0.381. The summed E-state index contributed by atoms with van der Waals surface area (Å²) in [7, 11) is 0. The Morgan fingerprint density at radius 1 is 1.24 bits per heavy atom. The van der Waals surface area contributed by atoms with Crippen LogP contribution in [0.25, 0.3) is 11.1 Å². The van der Waals surface area contributed by atoms with E-state index in [0.29, 0.717) is 12.5 Å². The molecule has 0 saturated carbocycles. The first kappa shape index (κ1) is 17.6. The van der Waals surface area contributed by atoms with Crippen LogP contribution >= 0.6 is 0 Å². The van der Waals surface area contributed by atoms with Gasteiger partial charge in [0.05, 0.1) is 13.2 Å². The molecule has 1 aliphatic heterocycles. The van der Waals surface area contributed by atoms with Gasteiger partial charge in [-0.3, -0.25) is 5.41 Å². The molecule has 0 aromatic heterocycles. The maximum absolute atomic E-state index is 7.62. The third-order valence-electron chi connectivity index (χ3n) is 4.67. The Hall–Kier alpha value is -2.17. The highest BCUT2D eigenvalue weighted by Crippen LogP contribution is 2.24. The molecule has 4 nitrogen and oxygen atoms in total. The molecule has 1 aliphatic rings. The zero-order chi connectivity index (χ0) is 17.6. The predicted octanol–water partition coefficient (Wildman–Crippen LogP) is 3.46. The maximum Gasteiger partial charge on any atom is 0.122 e. The number of rotatable bonds is 6. The van der Waals surface area contributed by atoms with Crippen molar-refractivity contribution >= 4 is 5.84 Å². The molecule has 1 heterocycles. The van der Waals surface area contributed by atoms with E-state index in [4.69, 9.17) is 15.9 Å². The first-order valence-electron chi connectivity index (χ1n) is 8.95. The molecule has 0 amide bonds. The summed E-state index contributed by atoms with van der Waals surface area (Å²) in [6, 6.07) is 14.3. The number of benzene rings is 2. The van der Waals surface area contributed by atoms with Crippen LogP contribution in [0.1, 0.15) is 29.5 Å². The number of amidine groups is 1. The molecule has 0 spiro atoms. The number of hydrogen-bond donors (Lipinski definition) is 3. The molecule has 132 valence electrons. The van der Waals surface area contributed by atoms with E-state index in [-0.39, 0.29) is 5.84 Å². The summed E-state index contributed by atoms with van der Waals surface area (Å²) in [5.74, 6) is 0.726. The second-order valence-electron chi connectivity index (χ2n) is 6.93. The second-order valence-corrected chi connectivity index (χ2v) is 6.93. The average Bonchev–Trinajstić information content (AvgIpc) is 2.62. The lowest BCUT2D eigenvalue weighted by atomic mass is 9.98. The lowest BCUT2D eigenvalue weighted by Gasteiger charge is -2.22. The van der Waals surface area contributed by atoms with Crippen LogP contribution in [-0.4, -0.2) is 25.5 Å². The molecule has 2 aromatic rings. The van der Waals surface area contributed by atoms with Gasteiger partial charge in [-0.05, 0) is 61.1 Å². The summed E-state index contributed by atoms with van der Waals surface area (Å²) in [4.78, 5) is 0. The van der Waals surface area contributed by atoms with Crippen LogP contribution in [0, 0.1) is 18.3 Å². The molecule has 0 radical (unpaired) electrons. The Bertz CT molecular complexity index is 736. The Morgan fingerprint density at radius 2 is 2.12 bits per heavy atom. The van der Waals surface area contributed by atoms with Crippen molar-refractivity contribution in [1.82, 2.24) is 5.32 Å². The van der Waals surface area contributed by atoms with Crippen LogP contribution in [0.3, 0.4) is 0 Å². The summed E-state index contributed by atoms with van der Waals surface area (Å²) < 4.78 is 5.97. The van der Waals surface area contributed by atoms with Gasteiger partial charge in [0.15, 0.2) is 0 Å². The molecule has 4 N–H and O–H groups in total. The van der Waals surface area contributed by atoms with Crippen LogP contribution in [0.15, 0.2) is 42.5 Å². The molecular formula is C21H27N3O. The Morgan fingerprint density at radius 3 is 2.88 bits per heavy atom. The van der Waals surface area contributed by atoms with E-state index >= 15 is 0 Å². The molecule has 0 aliphatic carbocycles. The normalized spacial score (nSPS) is 17.4. The number of ether oxygens (including phenoxy) is 1. The number of piperidine rings is 1. The predicted molar refractivity (Wildman–Crippen MR) is 103 cm³/mol. The second kappa shape index (κ2) is 8.28. The van der Waals surface area contributed by atoms with Crippen molar-refractivity contribution in [2.24, 2.45) is 11.7 Å². The zero-order valence-corrected chi connectivity index (χ0v) is 14.8. The number of nitrogen functional groups attached to an aromatic ring is 1. The third-order valence-corrected chi connectivity index (χ3v) is 4.67. The summed E-state index contributed by atoms with van der Waals surface area (Å²) >= 11 is 0. The van der Waals surface area contributed by atoms with Crippen LogP contribution in [-0.2, 0) is 11.3 Å². The minimum absolute atomic E-state index is 0.0964. The van der Waals surface area contributed by atoms with Gasteiger partial charge in [0.25, 0.3) is 0 Å². The molecule has 25 heavy (non-hydrogen) atoms. The molecule has 2 aromatic carbocycles. The van der Waals surface area contributed by atoms with Gasteiger partial charge >= 0.3 is 0 Å². The maximum atomic E-state index is 7.62. The van der Waals surface area contributed by atoms with E-state index in [1.54, 1.807) is 0 Å². The van der Waals surface area contributed by atoms with Crippen LogP contribution < -0.4 is 11.1 Å². The molecule has 0 bridgehead atoms. The van der Waals surface area contributed by atoms with Gasteiger partial charge in [0, 0.05) is 12.1 Å². The van der Waals surface area contributed by atoms with E-state index in [9.17, 15) is 0 Å². The summed E-state index contributed by atoms with van der Waals surface area (Å²) in [5.41, 5.74) is 11.0. The van der Waals surface area contributed by atoms with Crippen LogP contribution in [0.2, 0.25) is 0 Å². The first-order chi connectivity index (χ1) is 12.1. The molecule has 1 atom stereocenters. The monoisotopic (exact) mass is 337 g/mol. The van der Waals surface area contributed by atoms with E-state index in [2.05, 4.69) is 36.5 Å². The molecule has 4 heteroatoms. The number of aryl methyl sites for hydroxylation is 1. The van der Waals surface area contributed by atoms with Crippen molar-refractivity contribution in [2.45, 2.75) is 26.4 Å². The minimum atomic E-state index is 0.0964. The van der Waals surface area contributed by atoms with Crippen molar-refractivity contribution in [1.29, 1.82) is 5.41 Å². The summed E-state index contributed by atoms with van der Waals surface area (Å²) in [6.45, 7) is 5.76. The highest BCUT2D eigenvalue weighted by molar-refractivity contribution is 5.96. The van der Waals surface area contributed by atoms with E-state index in [0.717, 1.165) is 36.4 Å². The van der Waals surface area contributed by atoms with E-state index < -0.39 is 0 Å². The smallest absolute Gasteiger partial charge is 0.122 e. The van der Waals surface area contributed by atoms with Crippen molar-refractivity contribution in [2.75, 3.05) is 19.7 Å². The Kier molecular flexibility index (Phi) is 5.84. The van der Waals surface area contributed by atoms with Crippen molar-refractivity contribution in [3.63, 3.8) is 0 Å². The van der Waals surface area contributed by atoms with Crippen molar-refractivity contribution in [3.8, 4) is 11.1 Å². The van der Waals surface area contributed by atoms with Gasteiger partial charge in [0.1, 0.15) is 5.84 Å². The van der Waals surface area contributed by atoms with Gasteiger partial charge in [-0.15, -0.1) is 0 Å². The van der Waals surface area contributed by atoms with Gasteiger partial charge < -0.3 is 15.8 Å². The Labute approximate surface area is 149 Å². The molecule has 1 saturated heterocycles. The van der Waals surface area contributed by atoms with Gasteiger partial charge in [-0.1, -0.05) is 35.9 Å². The Balaban J connectivity index is 1.69. The topological polar surface area (TPSA) is 71.1 Å². The number of nitrogens with two attached hydrogens (primary N) is 1. The van der Waals surface area contributed by atoms with Crippen molar-refractivity contribution < 1.29 is 4.74 Å². The first-order valence-corrected chi connectivity index (χ1v) is 8.95. The van der Waals surface area contributed by atoms with E-state index in [1.165, 1.54) is 24.0 Å². The quantitative estimate of drug-likeness (QED) is 0.558. The summed E-state index contributed by atoms with van der Waals surface area (Å²) in [6.07, 6.45) is 2.50. The molecule has 3 rings (SSSR count). The molecule has 1 fully saturated rings. The average molecular weight is 337 g/mol. The highest BCUT2D eigenvalue weighted by Gasteiger charge is 2.13. The fourth-order valence-electron chi connectivity index (χ4n) is 3.39. The van der Waals surface area contributed by atoms with Crippen LogP contribution in [0.4, 0.5) is 0 Å². The minimum Gasteiger partial charge on any atom is -0.384 e. The van der Waals surface area contributed by atoms with Crippen LogP contribution in [0.5, 0.6) is 0 Å². The lowest BCUT2D eigenvalue weighted by Crippen LogP contribution is -2.32. The highest BCUT2D eigenvalue weighted by atomic mass is 16.5. The van der Waals surface area contributed by atoms with E-state index in [1.807, 2.05) is 18.2 Å².